The van der Waals surface area contributed by atoms with Crippen LogP contribution in [0.3, 0.4) is 0 Å². The van der Waals surface area contributed by atoms with Crippen molar-refractivity contribution in [1.82, 2.24) is 0 Å². The molecular formula is C9H13NO. The second-order valence-electron chi connectivity index (χ2n) is 1.97. The van der Waals surface area contributed by atoms with Crippen LogP contribution >= 0.6 is 0 Å². The predicted octanol–water partition coefficient (Wildman–Crippen LogP) is 1.38. The Morgan fingerprint density at radius 3 is 2.18 bits per heavy atom. The van der Waals surface area contributed by atoms with Gasteiger partial charge in [0, 0.05) is 5.56 Å². The first kappa shape index (κ1) is 9.85. The summed E-state index contributed by atoms with van der Waals surface area (Å²) >= 11 is 0. The van der Waals surface area contributed by atoms with Crippen molar-refractivity contribution in [2.45, 2.75) is 6.92 Å². The van der Waals surface area contributed by atoms with Crippen LogP contribution in [0.25, 0.3) is 0 Å². The van der Waals surface area contributed by atoms with Crippen LogP contribution in [0.2, 0.25) is 0 Å². The molecule has 0 saturated carbocycles. The molecule has 0 saturated heterocycles. The SMILES string of the molecule is CN.Cc1ccccc1C=O. The van der Waals surface area contributed by atoms with E-state index in [-0.39, 0.29) is 0 Å². The number of nitrogens with two attached hydrogens (primary N) is 1. The van der Waals surface area contributed by atoms with Crippen LogP contribution in [-0.4, -0.2) is 13.3 Å². The van der Waals surface area contributed by atoms with Crippen molar-refractivity contribution in [3.8, 4) is 0 Å². The van der Waals surface area contributed by atoms with Gasteiger partial charge in [-0.15, -0.1) is 0 Å². The Labute approximate surface area is 67.0 Å². The first-order chi connectivity index (χ1) is 5.34. The molecule has 0 heterocycles. The van der Waals surface area contributed by atoms with Crippen molar-refractivity contribution in [2.75, 3.05) is 7.05 Å². The van der Waals surface area contributed by atoms with E-state index in [0.717, 1.165) is 17.4 Å². The highest BCUT2D eigenvalue weighted by Crippen LogP contribution is 2.02. The van der Waals surface area contributed by atoms with Gasteiger partial charge in [0.2, 0.25) is 0 Å². The maximum absolute atomic E-state index is 10.2. The van der Waals surface area contributed by atoms with Gasteiger partial charge in [0.05, 0.1) is 0 Å². The van der Waals surface area contributed by atoms with E-state index in [0.29, 0.717) is 0 Å². The van der Waals surface area contributed by atoms with E-state index >= 15 is 0 Å². The van der Waals surface area contributed by atoms with Crippen LogP contribution in [0.1, 0.15) is 15.9 Å². The fraction of sp³-hybridized carbons (Fsp3) is 0.222. The molecule has 2 N–H and O–H groups in total. The molecule has 2 nitrogen and oxygen atoms in total. The Balaban J connectivity index is 0.000000461. The predicted molar refractivity (Wildman–Crippen MR) is 46.7 cm³/mol. The Bertz CT molecular complexity index is 221. The smallest absolute Gasteiger partial charge is 0.150 e. The van der Waals surface area contributed by atoms with Gasteiger partial charge in [0.15, 0.2) is 0 Å². The number of benzene rings is 1. The van der Waals surface area contributed by atoms with Crippen LogP contribution < -0.4 is 5.73 Å². The van der Waals surface area contributed by atoms with Gasteiger partial charge in [0.1, 0.15) is 6.29 Å². The summed E-state index contributed by atoms with van der Waals surface area (Å²) in [5.41, 5.74) is 6.31. The lowest BCUT2D eigenvalue weighted by atomic mass is 10.1. The number of rotatable bonds is 1. The lowest BCUT2D eigenvalue weighted by Gasteiger charge is -1.92. The highest BCUT2D eigenvalue weighted by Gasteiger charge is 1.90. The summed E-state index contributed by atoms with van der Waals surface area (Å²) in [5.74, 6) is 0. The maximum Gasteiger partial charge on any atom is 0.150 e. The van der Waals surface area contributed by atoms with Crippen molar-refractivity contribution >= 4 is 6.29 Å². The zero-order valence-corrected chi connectivity index (χ0v) is 6.87. The van der Waals surface area contributed by atoms with Crippen molar-refractivity contribution in [1.29, 1.82) is 0 Å². The van der Waals surface area contributed by atoms with Crippen LogP contribution in [0.4, 0.5) is 0 Å². The molecule has 11 heavy (non-hydrogen) atoms. The monoisotopic (exact) mass is 151 g/mol. The van der Waals surface area contributed by atoms with Crippen molar-refractivity contribution in [3.63, 3.8) is 0 Å². The molecule has 60 valence electrons. The largest absolute Gasteiger partial charge is 0.333 e. The van der Waals surface area contributed by atoms with Gasteiger partial charge in [-0.1, -0.05) is 24.3 Å². The molecule has 0 amide bonds. The van der Waals surface area contributed by atoms with Crippen molar-refractivity contribution in [2.24, 2.45) is 5.73 Å². The third kappa shape index (κ3) is 2.96. The summed E-state index contributed by atoms with van der Waals surface area (Å²) in [7, 11) is 1.50. The van der Waals surface area contributed by atoms with Crippen molar-refractivity contribution in [3.05, 3.63) is 35.4 Å². The number of aryl methyl sites for hydroxylation is 1. The van der Waals surface area contributed by atoms with Gasteiger partial charge >= 0.3 is 0 Å². The van der Waals surface area contributed by atoms with E-state index in [1.54, 1.807) is 0 Å². The molecule has 1 aromatic carbocycles. The minimum Gasteiger partial charge on any atom is -0.333 e. The summed E-state index contributed by atoms with van der Waals surface area (Å²) < 4.78 is 0. The topological polar surface area (TPSA) is 43.1 Å². The molecule has 0 aromatic heterocycles. The van der Waals surface area contributed by atoms with E-state index in [9.17, 15) is 4.79 Å². The van der Waals surface area contributed by atoms with Crippen LogP contribution in [-0.2, 0) is 0 Å². The normalized spacial score (nSPS) is 7.91. The third-order valence-electron chi connectivity index (χ3n) is 1.32. The highest BCUT2D eigenvalue weighted by molar-refractivity contribution is 5.76. The lowest BCUT2D eigenvalue weighted by molar-refractivity contribution is 0.112. The van der Waals surface area contributed by atoms with E-state index < -0.39 is 0 Å². The number of hydrogen-bond acceptors (Lipinski definition) is 2. The second kappa shape index (κ2) is 5.62. The van der Waals surface area contributed by atoms with E-state index in [1.165, 1.54) is 7.05 Å². The Kier molecular flexibility index (Phi) is 5.03. The fourth-order valence-corrected chi connectivity index (χ4v) is 0.719. The highest BCUT2D eigenvalue weighted by atomic mass is 16.1. The Hall–Kier alpha value is -1.15. The zero-order valence-electron chi connectivity index (χ0n) is 6.87. The fourth-order valence-electron chi connectivity index (χ4n) is 0.719. The van der Waals surface area contributed by atoms with E-state index in [1.807, 2.05) is 31.2 Å². The molecule has 2 heteroatoms. The molecule has 0 aliphatic heterocycles. The molecule has 0 unspecified atom stereocenters. The molecule has 1 rings (SSSR count). The number of carbonyl (C=O) groups excluding carboxylic acids is 1. The average molecular weight is 151 g/mol. The van der Waals surface area contributed by atoms with Gasteiger partial charge in [-0.3, -0.25) is 4.79 Å². The van der Waals surface area contributed by atoms with Gasteiger partial charge < -0.3 is 5.73 Å². The minimum atomic E-state index is 0.775. The zero-order chi connectivity index (χ0) is 8.69. The summed E-state index contributed by atoms with van der Waals surface area (Å²) in [5, 5.41) is 0. The molecule has 0 aliphatic rings. The third-order valence-corrected chi connectivity index (χ3v) is 1.32. The Morgan fingerprint density at radius 2 is 1.82 bits per heavy atom. The first-order valence-corrected chi connectivity index (χ1v) is 3.43. The standard InChI is InChI=1S/C8H8O.CH5N/c1-7-4-2-3-5-8(7)6-9;1-2/h2-6H,1H3;2H2,1H3. The molecule has 0 bridgehead atoms. The van der Waals surface area contributed by atoms with Gasteiger partial charge in [-0.25, -0.2) is 0 Å². The number of carbonyl (C=O) groups is 1. The minimum absolute atomic E-state index is 0.775. The van der Waals surface area contributed by atoms with E-state index in [2.05, 4.69) is 5.73 Å². The summed E-state index contributed by atoms with van der Waals surface area (Å²) in [4.78, 5) is 10.2. The molecule has 0 aliphatic carbocycles. The first-order valence-electron chi connectivity index (χ1n) is 3.43. The van der Waals surface area contributed by atoms with Gasteiger partial charge in [-0.05, 0) is 19.5 Å². The molecule has 0 spiro atoms. The maximum atomic E-state index is 10.2. The van der Waals surface area contributed by atoms with Crippen molar-refractivity contribution < 1.29 is 4.79 Å². The molecule has 0 fully saturated rings. The molecule has 0 atom stereocenters. The number of hydrogen-bond donors (Lipinski definition) is 1. The quantitative estimate of drug-likeness (QED) is 0.616. The van der Waals surface area contributed by atoms with Crippen LogP contribution in [0, 0.1) is 6.92 Å². The van der Waals surface area contributed by atoms with Gasteiger partial charge in [0.25, 0.3) is 0 Å². The number of aldehydes is 1. The second-order valence-corrected chi connectivity index (χ2v) is 1.97. The van der Waals surface area contributed by atoms with E-state index in [4.69, 9.17) is 0 Å². The van der Waals surface area contributed by atoms with Crippen LogP contribution in [0.5, 0.6) is 0 Å². The molecule has 1 aromatic rings. The molecular weight excluding hydrogens is 138 g/mol. The summed E-state index contributed by atoms with van der Waals surface area (Å²) in [6.07, 6.45) is 0.870. The van der Waals surface area contributed by atoms with Crippen LogP contribution in [0.15, 0.2) is 24.3 Å². The van der Waals surface area contributed by atoms with Gasteiger partial charge in [-0.2, -0.15) is 0 Å². The lowest BCUT2D eigenvalue weighted by Crippen LogP contribution is -1.82. The summed E-state index contributed by atoms with van der Waals surface area (Å²) in [6, 6.07) is 7.51. The molecule has 0 radical (unpaired) electrons. The average Bonchev–Trinajstić information content (AvgIpc) is 2.09. The summed E-state index contributed by atoms with van der Waals surface area (Å²) in [6.45, 7) is 1.92. The Morgan fingerprint density at radius 1 is 1.27 bits per heavy atom.